The number of nitrogens with zero attached hydrogens (tertiary/aromatic N) is 2. The van der Waals surface area contributed by atoms with Crippen molar-refractivity contribution in [2.75, 3.05) is 39.8 Å². The third-order valence-electron chi connectivity index (χ3n) is 3.79. The van der Waals surface area contributed by atoms with Gasteiger partial charge in [-0.2, -0.15) is 0 Å². The molecule has 1 aliphatic rings. The molecule has 1 unspecified atom stereocenters. The van der Waals surface area contributed by atoms with Crippen LogP contribution in [0, 0.1) is 0 Å². The molecule has 1 heterocycles. The molecule has 0 aromatic heterocycles. The molecule has 0 aliphatic carbocycles. The predicted octanol–water partition coefficient (Wildman–Crippen LogP) is 1.76. The standard InChI is InChI=1S/C15H22ClN3O/c1-12(13-3-5-14(16)6-4-13)17-11-15(20)19-9-7-18(2)8-10-19/h3-6,12,17H,7-11H2,1-2H3. The molecule has 1 aromatic rings. The zero-order chi connectivity index (χ0) is 14.5. The fourth-order valence-electron chi connectivity index (χ4n) is 2.28. The molecule has 0 bridgehead atoms. The molecule has 5 heteroatoms. The topological polar surface area (TPSA) is 35.6 Å². The third-order valence-corrected chi connectivity index (χ3v) is 4.04. The SMILES string of the molecule is CC(NCC(=O)N1CCN(C)CC1)c1ccc(Cl)cc1. The minimum Gasteiger partial charge on any atom is -0.339 e. The fourth-order valence-corrected chi connectivity index (χ4v) is 2.40. The van der Waals surface area contributed by atoms with E-state index in [0.717, 1.165) is 36.8 Å². The minimum atomic E-state index is 0.142. The van der Waals surface area contributed by atoms with Crippen LogP contribution in [0.15, 0.2) is 24.3 Å². The zero-order valence-corrected chi connectivity index (χ0v) is 12.9. The minimum absolute atomic E-state index is 0.142. The molecule has 1 aliphatic heterocycles. The summed E-state index contributed by atoms with van der Waals surface area (Å²) >= 11 is 5.87. The average Bonchev–Trinajstić information content (AvgIpc) is 2.46. The van der Waals surface area contributed by atoms with Crippen molar-refractivity contribution < 1.29 is 4.79 Å². The van der Waals surface area contributed by atoms with Crippen molar-refractivity contribution in [3.63, 3.8) is 0 Å². The van der Waals surface area contributed by atoms with Crippen molar-refractivity contribution in [1.29, 1.82) is 0 Å². The number of piperazine rings is 1. The van der Waals surface area contributed by atoms with Gasteiger partial charge in [0, 0.05) is 37.2 Å². The van der Waals surface area contributed by atoms with Gasteiger partial charge in [-0.15, -0.1) is 0 Å². The number of benzene rings is 1. The molecule has 4 nitrogen and oxygen atoms in total. The van der Waals surface area contributed by atoms with Gasteiger partial charge in [-0.05, 0) is 31.7 Å². The molecule has 0 spiro atoms. The Labute approximate surface area is 125 Å². The second-order valence-corrected chi connectivity index (χ2v) is 5.77. The van der Waals surface area contributed by atoms with E-state index in [2.05, 4.69) is 24.2 Å². The quantitative estimate of drug-likeness (QED) is 0.919. The van der Waals surface area contributed by atoms with Gasteiger partial charge < -0.3 is 15.1 Å². The maximum Gasteiger partial charge on any atom is 0.236 e. The van der Waals surface area contributed by atoms with E-state index in [1.54, 1.807) is 0 Å². The second-order valence-electron chi connectivity index (χ2n) is 5.34. The van der Waals surface area contributed by atoms with Gasteiger partial charge in [0.1, 0.15) is 0 Å². The fraction of sp³-hybridized carbons (Fsp3) is 0.533. The van der Waals surface area contributed by atoms with E-state index >= 15 is 0 Å². The first-order chi connectivity index (χ1) is 9.56. The van der Waals surface area contributed by atoms with E-state index in [-0.39, 0.29) is 11.9 Å². The van der Waals surface area contributed by atoms with E-state index in [4.69, 9.17) is 11.6 Å². The van der Waals surface area contributed by atoms with Gasteiger partial charge in [-0.3, -0.25) is 4.79 Å². The van der Waals surface area contributed by atoms with Crippen LogP contribution in [-0.4, -0.2) is 55.5 Å². The maximum atomic E-state index is 12.1. The van der Waals surface area contributed by atoms with Crippen LogP contribution in [0.4, 0.5) is 0 Å². The van der Waals surface area contributed by atoms with Gasteiger partial charge in [-0.1, -0.05) is 23.7 Å². The van der Waals surface area contributed by atoms with Crippen LogP contribution in [0.2, 0.25) is 5.02 Å². The molecule has 2 rings (SSSR count). The van der Waals surface area contributed by atoms with Gasteiger partial charge in [-0.25, -0.2) is 0 Å². The Kier molecular flexibility index (Phi) is 5.40. The summed E-state index contributed by atoms with van der Waals surface area (Å²) in [5.74, 6) is 0.180. The van der Waals surface area contributed by atoms with Crippen molar-refractivity contribution in [3.05, 3.63) is 34.9 Å². The summed E-state index contributed by atoms with van der Waals surface area (Å²) in [5.41, 5.74) is 1.14. The molecule has 20 heavy (non-hydrogen) atoms. The largest absolute Gasteiger partial charge is 0.339 e. The Hall–Kier alpha value is -1.10. The summed E-state index contributed by atoms with van der Waals surface area (Å²) in [4.78, 5) is 16.3. The number of carbonyl (C=O) groups is 1. The number of likely N-dealkylation sites (N-methyl/N-ethyl adjacent to an activating group) is 1. The summed E-state index contributed by atoms with van der Waals surface area (Å²) in [6.45, 7) is 6.00. The van der Waals surface area contributed by atoms with Crippen LogP contribution in [0.5, 0.6) is 0 Å². The second kappa shape index (κ2) is 7.07. The number of hydrogen-bond donors (Lipinski definition) is 1. The molecule has 0 saturated carbocycles. The molecular weight excluding hydrogens is 274 g/mol. The number of carbonyl (C=O) groups excluding carboxylic acids is 1. The number of nitrogens with one attached hydrogen (secondary N) is 1. The first kappa shape index (κ1) is 15.3. The first-order valence-corrected chi connectivity index (χ1v) is 7.39. The third kappa shape index (κ3) is 4.20. The number of halogens is 1. The van der Waals surface area contributed by atoms with Crippen LogP contribution in [-0.2, 0) is 4.79 Å². The van der Waals surface area contributed by atoms with E-state index in [0.29, 0.717) is 6.54 Å². The van der Waals surface area contributed by atoms with Gasteiger partial charge in [0.05, 0.1) is 6.54 Å². The molecule has 1 atom stereocenters. The Bertz CT molecular complexity index is 441. The first-order valence-electron chi connectivity index (χ1n) is 7.01. The van der Waals surface area contributed by atoms with Crippen molar-refractivity contribution >= 4 is 17.5 Å². The highest BCUT2D eigenvalue weighted by atomic mass is 35.5. The number of hydrogen-bond acceptors (Lipinski definition) is 3. The zero-order valence-electron chi connectivity index (χ0n) is 12.1. The van der Waals surface area contributed by atoms with Crippen molar-refractivity contribution in [2.24, 2.45) is 0 Å². The molecule has 1 fully saturated rings. The van der Waals surface area contributed by atoms with Gasteiger partial charge in [0.25, 0.3) is 0 Å². The van der Waals surface area contributed by atoms with Crippen molar-refractivity contribution in [3.8, 4) is 0 Å². The highest BCUT2D eigenvalue weighted by Gasteiger charge is 2.19. The van der Waals surface area contributed by atoms with E-state index in [9.17, 15) is 4.79 Å². The molecular formula is C15H22ClN3O. The average molecular weight is 296 g/mol. The highest BCUT2D eigenvalue weighted by molar-refractivity contribution is 6.30. The Balaban J connectivity index is 1.79. The molecule has 1 amide bonds. The van der Waals surface area contributed by atoms with Crippen LogP contribution in [0.25, 0.3) is 0 Å². The van der Waals surface area contributed by atoms with Crippen LogP contribution in [0.3, 0.4) is 0 Å². The maximum absolute atomic E-state index is 12.1. The molecule has 1 aromatic carbocycles. The smallest absolute Gasteiger partial charge is 0.236 e. The monoisotopic (exact) mass is 295 g/mol. The molecule has 110 valence electrons. The molecule has 1 N–H and O–H groups in total. The molecule has 1 saturated heterocycles. The lowest BCUT2D eigenvalue weighted by Crippen LogP contribution is -2.49. The van der Waals surface area contributed by atoms with E-state index < -0.39 is 0 Å². The summed E-state index contributed by atoms with van der Waals surface area (Å²) in [6, 6.07) is 7.86. The van der Waals surface area contributed by atoms with Crippen molar-refractivity contribution in [2.45, 2.75) is 13.0 Å². The summed E-state index contributed by atoms with van der Waals surface area (Å²) < 4.78 is 0. The predicted molar refractivity (Wildman–Crippen MR) is 81.9 cm³/mol. The van der Waals surface area contributed by atoms with Gasteiger partial charge in [0.2, 0.25) is 5.91 Å². The number of amides is 1. The van der Waals surface area contributed by atoms with Gasteiger partial charge in [0.15, 0.2) is 0 Å². The lowest BCUT2D eigenvalue weighted by atomic mass is 10.1. The summed E-state index contributed by atoms with van der Waals surface area (Å²) in [7, 11) is 2.09. The van der Waals surface area contributed by atoms with Crippen LogP contribution >= 0.6 is 11.6 Å². The van der Waals surface area contributed by atoms with Crippen molar-refractivity contribution in [1.82, 2.24) is 15.1 Å². The highest BCUT2D eigenvalue weighted by Crippen LogP contribution is 2.15. The summed E-state index contributed by atoms with van der Waals surface area (Å²) in [5, 5.41) is 4.01. The van der Waals surface area contributed by atoms with Gasteiger partial charge >= 0.3 is 0 Å². The Morgan fingerprint density at radius 3 is 2.45 bits per heavy atom. The van der Waals surface area contributed by atoms with E-state index in [1.807, 2.05) is 29.2 Å². The molecule has 0 radical (unpaired) electrons. The Morgan fingerprint density at radius 1 is 1.25 bits per heavy atom. The lowest BCUT2D eigenvalue weighted by molar-refractivity contribution is -0.131. The Morgan fingerprint density at radius 2 is 1.85 bits per heavy atom. The van der Waals surface area contributed by atoms with Crippen LogP contribution < -0.4 is 5.32 Å². The van der Waals surface area contributed by atoms with E-state index in [1.165, 1.54) is 0 Å². The van der Waals surface area contributed by atoms with Crippen LogP contribution in [0.1, 0.15) is 18.5 Å². The normalized spacial score (nSPS) is 18.1. The summed E-state index contributed by atoms with van der Waals surface area (Å²) in [6.07, 6.45) is 0. The number of rotatable bonds is 4. The lowest BCUT2D eigenvalue weighted by Gasteiger charge is -2.32.